The van der Waals surface area contributed by atoms with Crippen LogP contribution in [0, 0.1) is 11.8 Å². The lowest BCUT2D eigenvalue weighted by Crippen LogP contribution is -2.28. The number of pyridine rings is 1. The van der Waals surface area contributed by atoms with Crippen LogP contribution in [0.4, 0.5) is 18.9 Å². The Hall–Kier alpha value is -3.20. The molecule has 1 aromatic carbocycles. The van der Waals surface area contributed by atoms with E-state index in [1.807, 2.05) is 17.7 Å². The molecule has 6 heteroatoms. The molecule has 0 saturated heterocycles. The molecule has 142 valence electrons. The van der Waals surface area contributed by atoms with E-state index in [4.69, 9.17) is 0 Å². The fourth-order valence-electron chi connectivity index (χ4n) is 3.34. The Balaban J connectivity index is 1.48. The monoisotopic (exact) mass is 381 g/mol. The maximum absolute atomic E-state index is 12.6. The molecule has 3 aromatic rings. The van der Waals surface area contributed by atoms with Crippen molar-refractivity contribution in [3.63, 3.8) is 0 Å². The van der Waals surface area contributed by atoms with Crippen LogP contribution >= 0.6 is 0 Å². The molecule has 0 N–H and O–H groups in total. The van der Waals surface area contributed by atoms with Crippen LogP contribution in [0.1, 0.15) is 17.5 Å². The number of fused-ring (bicyclic) bond motifs is 1. The highest BCUT2D eigenvalue weighted by atomic mass is 19.4. The Morgan fingerprint density at radius 2 is 1.86 bits per heavy atom. The Kier molecular flexibility index (Phi) is 4.60. The average Bonchev–Trinajstić information content (AvgIpc) is 3.03. The third kappa shape index (κ3) is 3.61. The minimum atomic E-state index is -4.32. The van der Waals surface area contributed by atoms with E-state index in [9.17, 15) is 13.2 Å². The molecule has 0 atom stereocenters. The summed E-state index contributed by atoms with van der Waals surface area (Å²) in [6, 6.07) is 8.96. The largest absolute Gasteiger partial charge is 0.416 e. The number of rotatable bonds is 1. The van der Waals surface area contributed by atoms with Crippen molar-refractivity contribution in [2.75, 3.05) is 18.0 Å². The average molecular weight is 381 g/mol. The first-order chi connectivity index (χ1) is 13.4. The smallest absolute Gasteiger partial charge is 0.366 e. The van der Waals surface area contributed by atoms with Gasteiger partial charge in [-0.15, -0.1) is 0 Å². The number of anilines is 1. The minimum absolute atomic E-state index is 0.580. The minimum Gasteiger partial charge on any atom is -0.366 e. The second-order valence-electron chi connectivity index (χ2n) is 6.75. The molecule has 1 aliphatic rings. The van der Waals surface area contributed by atoms with Crippen molar-refractivity contribution in [2.24, 2.45) is 7.05 Å². The van der Waals surface area contributed by atoms with Crippen LogP contribution < -0.4 is 4.90 Å². The highest BCUT2D eigenvalue weighted by molar-refractivity contribution is 5.91. The highest BCUT2D eigenvalue weighted by Gasteiger charge is 2.29. The first kappa shape index (κ1) is 18.2. The molecule has 1 aliphatic heterocycles. The summed E-state index contributed by atoms with van der Waals surface area (Å²) in [5, 5.41) is 1.12. The van der Waals surface area contributed by atoms with E-state index in [2.05, 4.69) is 40.1 Å². The first-order valence-electron chi connectivity index (χ1n) is 8.95. The fraction of sp³-hybridized carbons (Fsp3) is 0.227. The normalized spacial score (nSPS) is 14.6. The summed E-state index contributed by atoms with van der Waals surface area (Å²) in [4.78, 5) is 6.71. The van der Waals surface area contributed by atoms with Gasteiger partial charge < -0.3 is 9.47 Å². The number of hydrogen-bond donors (Lipinski definition) is 0. The van der Waals surface area contributed by atoms with Crippen molar-refractivity contribution in [1.82, 2.24) is 9.55 Å². The second-order valence-corrected chi connectivity index (χ2v) is 6.75. The van der Waals surface area contributed by atoms with Crippen LogP contribution in [0.15, 0.2) is 60.4 Å². The fourth-order valence-corrected chi connectivity index (χ4v) is 3.34. The molecule has 0 spiro atoms. The van der Waals surface area contributed by atoms with Crippen molar-refractivity contribution in [3.8, 4) is 11.8 Å². The van der Waals surface area contributed by atoms with Crippen LogP contribution in [0.25, 0.3) is 11.0 Å². The molecule has 0 amide bonds. The molecule has 28 heavy (non-hydrogen) atoms. The number of alkyl halides is 3. The Morgan fingerprint density at radius 3 is 2.54 bits per heavy atom. The SMILES string of the molecule is Cn1cc(N2CC=C(C#Cc3ccc(C(F)(F)F)cc3)CC2)c2cccnc21. The summed E-state index contributed by atoms with van der Waals surface area (Å²) in [7, 11) is 1.99. The summed E-state index contributed by atoms with van der Waals surface area (Å²) in [5.41, 5.74) is 3.03. The van der Waals surface area contributed by atoms with Gasteiger partial charge in [0.05, 0.1) is 11.3 Å². The molecule has 0 radical (unpaired) electrons. The number of benzene rings is 1. The van der Waals surface area contributed by atoms with Crippen molar-refractivity contribution in [1.29, 1.82) is 0 Å². The molecule has 0 unspecified atom stereocenters. The number of aromatic nitrogens is 2. The Bertz CT molecular complexity index is 1100. The summed E-state index contributed by atoms with van der Waals surface area (Å²) >= 11 is 0. The highest BCUT2D eigenvalue weighted by Crippen LogP contribution is 2.30. The molecule has 0 saturated carbocycles. The van der Waals surface area contributed by atoms with Gasteiger partial charge in [-0.2, -0.15) is 13.2 Å². The molecule has 4 rings (SSSR count). The van der Waals surface area contributed by atoms with E-state index < -0.39 is 11.7 Å². The predicted molar refractivity (Wildman–Crippen MR) is 104 cm³/mol. The molecular weight excluding hydrogens is 363 g/mol. The van der Waals surface area contributed by atoms with Gasteiger partial charge in [-0.1, -0.05) is 17.9 Å². The van der Waals surface area contributed by atoms with Crippen molar-refractivity contribution in [3.05, 3.63) is 71.6 Å². The van der Waals surface area contributed by atoms with E-state index in [1.54, 1.807) is 6.20 Å². The lowest BCUT2D eigenvalue weighted by molar-refractivity contribution is -0.137. The zero-order chi connectivity index (χ0) is 19.7. The van der Waals surface area contributed by atoms with Gasteiger partial charge in [0, 0.05) is 49.1 Å². The lowest BCUT2D eigenvalue weighted by atomic mass is 10.1. The number of nitrogens with zero attached hydrogens (tertiary/aromatic N) is 3. The second kappa shape index (κ2) is 7.08. The zero-order valence-corrected chi connectivity index (χ0v) is 15.3. The third-order valence-corrected chi connectivity index (χ3v) is 4.84. The van der Waals surface area contributed by atoms with Gasteiger partial charge in [-0.05, 0) is 42.8 Å². The number of hydrogen-bond acceptors (Lipinski definition) is 2. The van der Waals surface area contributed by atoms with E-state index in [0.29, 0.717) is 5.56 Å². The number of aryl methyl sites for hydroxylation is 1. The van der Waals surface area contributed by atoms with Gasteiger partial charge in [-0.3, -0.25) is 0 Å². The Morgan fingerprint density at radius 1 is 1.07 bits per heavy atom. The van der Waals surface area contributed by atoms with Crippen LogP contribution in [-0.4, -0.2) is 22.6 Å². The summed E-state index contributed by atoms with van der Waals surface area (Å²) in [5.74, 6) is 6.06. The van der Waals surface area contributed by atoms with Gasteiger partial charge in [0.1, 0.15) is 5.65 Å². The molecule has 0 bridgehead atoms. The van der Waals surface area contributed by atoms with Crippen molar-refractivity contribution >= 4 is 16.7 Å². The zero-order valence-electron chi connectivity index (χ0n) is 15.3. The quantitative estimate of drug-likeness (QED) is 0.566. The molecule has 0 aliphatic carbocycles. The van der Waals surface area contributed by atoms with E-state index in [1.165, 1.54) is 12.1 Å². The maximum Gasteiger partial charge on any atom is 0.416 e. The molecule has 3 nitrogen and oxygen atoms in total. The van der Waals surface area contributed by atoms with Crippen molar-refractivity contribution < 1.29 is 13.2 Å². The summed E-state index contributed by atoms with van der Waals surface area (Å²) in [6.07, 6.45) is 2.43. The topological polar surface area (TPSA) is 21.1 Å². The van der Waals surface area contributed by atoms with Gasteiger partial charge in [-0.25, -0.2) is 4.98 Å². The van der Waals surface area contributed by atoms with Crippen LogP contribution in [0.3, 0.4) is 0 Å². The van der Waals surface area contributed by atoms with E-state index in [0.717, 1.165) is 53.9 Å². The van der Waals surface area contributed by atoms with Crippen LogP contribution in [0.5, 0.6) is 0 Å². The molecule has 2 aromatic heterocycles. The molecule has 0 fully saturated rings. The van der Waals surface area contributed by atoms with Gasteiger partial charge in [0.15, 0.2) is 0 Å². The van der Waals surface area contributed by atoms with Gasteiger partial charge in [0.2, 0.25) is 0 Å². The first-order valence-corrected chi connectivity index (χ1v) is 8.95. The summed E-state index contributed by atoms with van der Waals surface area (Å²) < 4.78 is 39.9. The summed E-state index contributed by atoms with van der Waals surface area (Å²) in [6.45, 7) is 1.58. The Labute approximate surface area is 161 Å². The standard InChI is InChI=1S/C22H18F3N3/c1-27-15-20(19-3-2-12-26-21(19)27)28-13-10-17(11-14-28)5-4-16-6-8-18(9-7-16)22(23,24)25/h2-3,6-10,12,15H,11,13-14H2,1H3. The van der Waals surface area contributed by atoms with E-state index in [-0.39, 0.29) is 0 Å². The number of halogens is 3. The van der Waals surface area contributed by atoms with Gasteiger partial charge >= 0.3 is 6.18 Å². The van der Waals surface area contributed by atoms with Crippen molar-refractivity contribution in [2.45, 2.75) is 12.6 Å². The van der Waals surface area contributed by atoms with Crippen LogP contribution in [-0.2, 0) is 13.2 Å². The molecular formula is C22H18F3N3. The third-order valence-electron chi connectivity index (χ3n) is 4.84. The van der Waals surface area contributed by atoms with Gasteiger partial charge in [0.25, 0.3) is 0 Å². The molecule has 3 heterocycles. The van der Waals surface area contributed by atoms with Crippen LogP contribution in [0.2, 0.25) is 0 Å². The maximum atomic E-state index is 12.6. The lowest BCUT2D eigenvalue weighted by Gasteiger charge is -2.26. The van der Waals surface area contributed by atoms with E-state index >= 15 is 0 Å². The predicted octanol–water partition coefficient (Wildman–Crippen LogP) is 4.78.